The summed E-state index contributed by atoms with van der Waals surface area (Å²) in [6.45, 7) is 0. The van der Waals surface area contributed by atoms with Gasteiger partial charge in [-0.05, 0) is 6.07 Å². The molecule has 0 aliphatic rings. The van der Waals surface area contributed by atoms with Gasteiger partial charge in [0.15, 0.2) is 11.4 Å². The molecular formula is C9H8F2N2O2. The lowest BCUT2D eigenvalue weighted by Crippen LogP contribution is -2.00. The largest absolute Gasteiger partial charge is 0.491 e. The summed E-state index contributed by atoms with van der Waals surface area (Å²) in [7, 11) is 2.62. The molecule has 0 unspecified atom stereocenters. The molecule has 0 atom stereocenters. The van der Waals surface area contributed by atoms with Crippen LogP contribution in [0.5, 0.6) is 11.6 Å². The van der Waals surface area contributed by atoms with Crippen molar-refractivity contribution in [3.05, 3.63) is 17.3 Å². The molecule has 1 heterocycles. The van der Waals surface area contributed by atoms with Gasteiger partial charge in [0.05, 0.1) is 19.8 Å². The van der Waals surface area contributed by atoms with E-state index in [2.05, 4.69) is 4.98 Å². The molecule has 80 valence electrons. The molecule has 1 aromatic heterocycles. The molecule has 0 aromatic carbocycles. The predicted octanol–water partition coefficient (Wildman–Crippen LogP) is 1.91. The van der Waals surface area contributed by atoms with Crippen LogP contribution in [0.4, 0.5) is 8.78 Å². The van der Waals surface area contributed by atoms with Crippen LogP contribution in [0.2, 0.25) is 0 Å². The lowest BCUT2D eigenvalue weighted by molar-refractivity contribution is 0.150. The van der Waals surface area contributed by atoms with E-state index in [4.69, 9.17) is 14.7 Å². The van der Waals surface area contributed by atoms with E-state index in [9.17, 15) is 8.78 Å². The molecule has 1 rings (SSSR count). The van der Waals surface area contributed by atoms with Crippen LogP contribution in [-0.4, -0.2) is 19.2 Å². The average molecular weight is 214 g/mol. The highest BCUT2D eigenvalue weighted by Crippen LogP contribution is 2.31. The number of pyridine rings is 1. The van der Waals surface area contributed by atoms with Gasteiger partial charge >= 0.3 is 0 Å². The Morgan fingerprint density at radius 1 is 1.40 bits per heavy atom. The van der Waals surface area contributed by atoms with Crippen molar-refractivity contribution in [2.45, 2.75) is 6.43 Å². The van der Waals surface area contributed by atoms with Crippen LogP contribution in [-0.2, 0) is 0 Å². The van der Waals surface area contributed by atoms with E-state index in [1.165, 1.54) is 14.2 Å². The Kier molecular flexibility index (Phi) is 3.39. The van der Waals surface area contributed by atoms with E-state index >= 15 is 0 Å². The van der Waals surface area contributed by atoms with Crippen molar-refractivity contribution in [3.8, 4) is 17.7 Å². The molecule has 1 aromatic rings. The molecule has 0 radical (unpaired) electrons. The van der Waals surface area contributed by atoms with Crippen molar-refractivity contribution in [1.29, 1.82) is 5.26 Å². The monoisotopic (exact) mass is 214 g/mol. The van der Waals surface area contributed by atoms with Crippen LogP contribution in [0, 0.1) is 11.3 Å². The molecule has 0 aliphatic carbocycles. The molecule has 0 spiro atoms. The number of halogens is 2. The molecule has 0 fully saturated rings. The van der Waals surface area contributed by atoms with Crippen molar-refractivity contribution in [2.24, 2.45) is 0 Å². The number of ether oxygens (including phenoxy) is 2. The highest BCUT2D eigenvalue weighted by atomic mass is 19.3. The Balaban J connectivity index is 3.36. The maximum atomic E-state index is 12.5. The molecular weight excluding hydrogens is 206 g/mol. The zero-order chi connectivity index (χ0) is 11.4. The zero-order valence-electron chi connectivity index (χ0n) is 8.12. The number of nitriles is 1. The first-order valence-corrected chi connectivity index (χ1v) is 3.95. The first-order chi connectivity index (χ1) is 7.13. The number of hydrogen-bond donors (Lipinski definition) is 0. The minimum atomic E-state index is -2.77. The molecule has 0 aliphatic heterocycles. The van der Waals surface area contributed by atoms with Crippen molar-refractivity contribution in [1.82, 2.24) is 4.98 Å². The van der Waals surface area contributed by atoms with Gasteiger partial charge in [0.2, 0.25) is 0 Å². The molecule has 15 heavy (non-hydrogen) atoms. The second kappa shape index (κ2) is 4.55. The van der Waals surface area contributed by atoms with Crippen LogP contribution in [0.15, 0.2) is 6.07 Å². The van der Waals surface area contributed by atoms with Crippen LogP contribution in [0.25, 0.3) is 0 Å². The molecule has 4 nitrogen and oxygen atoms in total. The van der Waals surface area contributed by atoms with Gasteiger partial charge in [-0.1, -0.05) is 0 Å². The highest BCUT2D eigenvalue weighted by molar-refractivity contribution is 5.44. The van der Waals surface area contributed by atoms with E-state index in [0.29, 0.717) is 0 Å². The summed E-state index contributed by atoms with van der Waals surface area (Å²) in [5.41, 5.74) is -0.821. The maximum Gasteiger partial charge on any atom is 0.266 e. The number of hydrogen-bond acceptors (Lipinski definition) is 4. The zero-order valence-corrected chi connectivity index (χ0v) is 8.12. The maximum absolute atomic E-state index is 12.5. The number of alkyl halides is 2. The Hall–Kier alpha value is -1.90. The summed E-state index contributed by atoms with van der Waals surface area (Å²) in [5, 5.41) is 8.61. The van der Waals surface area contributed by atoms with Crippen LogP contribution in [0.3, 0.4) is 0 Å². The first kappa shape index (κ1) is 11.2. The fourth-order valence-electron chi connectivity index (χ4n) is 1.04. The standard InChI is InChI=1S/C9H8F2N2O2/c1-14-7-3-5(8(10)11)6(4-12)13-9(7)15-2/h3,8H,1-2H3. The molecule has 0 N–H and O–H groups in total. The van der Waals surface area contributed by atoms with E-state index in [0.717, 1.165) is 6.07 Å². The van der Waals surface area contributed by atoms with Crippen LogP contribution < -0.4 is 9.47 Å². The van der Waals surface area contributed by atoms with Gasteiger partial charge in [0.1, 0.15) is 6.07 Å². The van der Waals surface area contributed by atoms with Gasteiger partial charge in [0.25, 0.3) is 12.3 Å². The Bertz CT molecular complexity index is 402. The van der Waals surface area contributed by atoms with E-state index in [-0.39, 0.29) is 17.3 Å². The predicted molar refractivity (Wildman–Crippen MR) is 47.0 cm³/mol. The number of nitrogens with zero attached hydrogens (tertiary/aromatic N) is 2. The smallest absolute Gasteiger partial charge is 0.266 e. The fourth-order valence-corrected chi connectivity index (χ4v) is 1.04. The Morgan fingerprint density at radius 3 is 2.47 bits per heavy atom. The SMILES string of the molecule is COc1cc(C(F)F)c(C#N)nc1OC. The minimum absolute atomic E-state index is 0.0125. The van der Waals surface area contributed by atoms with Crippen molar-refractivity contribution < 1.29 is 18.3 Å². The summed E-state index contributed by atoms with van der Waals surface area (Å²) in [5.74, 6) is 0.0882. The Morgan fingerprint density at radius 2 is 2.07 bits per heavy atom. The topological polar surface area (TPSA) is 55.1 Å². The third-order valence-electron chi connectivity index (χ3n) is 1.74. The third-order valence-corrected chi connectivity index (χ3v) is 1.74. The average Bonchev–Trinajstić information content (AvgIpc) is 2.26. The second-order valence-corrected chi connectivity index (χ2v) is 2.55. The summed E-state index contributed by atoms with van der Waals surface area (Å²) in [4.78, 5) is 3.61. The van der Waals surface area contributed by atoms with Crippen LogP contribution in [0.1, 0.15) is 17.7 Å². The summed E-state index contributed by atoms with van der Waals surface area (Å²) >= 11 is 0. The van der Waals surface area contributed by atoms with Crippen molar-refractivity contribution >= 4 is 0 Å². The van der Waals surface area contributed by atoms with E-state index in [1.807, 2.05) is 0 Å². The molecule has 6 heteroatoms. The van der Waals surface area contributed by atoms with E-state index in [1.54, 1.807) is 6.07 Å². The highest BCUT2D eigenvalue weighted by Gasteiger charge is 2.19. The normalized spacial score (nSPS) is 9.87. The van der Waals surface area contributed by atoms with Crippen molar-refractivity contribution in [3.63, 3.8) is 0 Å². The molecule has 0 saturated heterocycles. The van der Waals surface area contributed by atoms with Gasteiger partial charge in [-0.25, -0.2) is 8.78 Å². The molecule has 0 saturated carbocycles. The van der Waals surface area contributed by atoms with Gasteiger partial charge in [-0.15, -0.1) is 0 Å². The van der Waals surface area contributed by atoms with E-state index < -0.39 is 12.0 Å². The quantitative estimate of drug-likeness (QED) is 0.771. The lowest BCUT2D eigenvalue weighted by atomic mass is 10.2. The van der Waals surface area contributed by atoms with Gasteiger partial charge in [0, 0.05) is 0 Å². The minimum Gasteiger partial charge on any atom is -0.491 e. The molecule has 0 bridgehead atoms. The molecule has 0 amide bonds. The first-order valence-electron chi connectivity index (χ1n) is 3.95. The summed E-state index contributed by atoms with van der Waals surface area (Å²) in [6, 6.07) is 2.63. The van der Waals surface area contributed by atoms with Gasteiger partial charge in [-0.2, -0.15) is 10.2 Å². The second-order valence-electron chi connectivity index (χ2n) is 2.55. The third kappa shape index (κ3) is 2.13. The van der Waals surface area contributed by atoms with Crippen molar-refractivity contribution in [2.75, 3.05) is 14.2 Å². The fraction of sp³-hybridized carbons (Fsp3) is 0.333. The number of aromatic nitrogens is 1. The van der Waals surface area contributed by atoms with Gasteiger partial charge in [-0.3, -0.25) is 0 Å². The lowest BCUT2D eigenvalue weighted by Gasteiger charge is -2.09. The summed E-state index contributed by atoms with van der Waals surface area (Å²) in [6.07, 6.45) is -2.77. The summed E-state index contributed by atoms with van der Waals surface area (Å²) < 4.78 is 34.5. The van der Waals surface area contributed by atoms with Gasteiger partial charge < -0.3 is 9.47 Å². The number of rotatable bonds is 3. The Labute approximate surface area is 85.1 Å². The van der Waals surface area contributed by atoms with Crippen LogP contribution >= 0.6 is 0 Å². The number of methoxy groups -OCH3 is 2.